The van der Waals surface area contributed by atoms with Gasteiger partial charge in [0.1, 0.15) is 6.04 Å². The van der Waals surface area contributed by atoms with Gasteiger partial charge in [0.25, 0.3) is 0 Å². The summed E-state index contributed by atoms with van der Waals surface area (Å²) in [5.41, 5.74) is 0. The number of nitrogens with zero attached hydrogens (tertiary/aromatic N) is 1. The molecule has 0 aromatic carbocycles. The van der Waals surface area contributed by atoms with Crippen LogP contribution in [0.2, 0.25) is 0 Å². The molecule has 0 fully saturated rings. The van der Waals surface area contributed by atoms with E-state index in [0.717, 1.165) is 13.1 Å². The van der Waals surface area contributed by atoms with E-state index in [1.165, 1.54) is 0 Å². The van der Waals surface area contributed by atoms with Crippen LogP contribution in [0, 0.1) is 11.8 Å². The summed E-state index contributed by atoms with van der Waals surface area (Å²) in [5, 5.41) is 0. The van der Waals surface area contributed by atoms with Crippen molar-refractivity contribution in [2.24, 2.45) is 11.8 Å². The zero-order valence-corrected chi connectivity index (χ0v) is 14.3. The molecule has 0 aliphatic carbocycles. The largest absolute Gasteiger partial charge is 0.466 e. The van der Waals surface area contributed by atoms with Crippen molar-refractivity contribution in [2.45, 2.75) is 54.0 Å². The van der Waals surface area contributed by atoms with Gasteiger partial charge in [0.15, 0.2) is 0 Å². The van der Waals surface area contributed by atoms with Gasteiger partial charge in [0.05, 0.1) is 19.6 Å². The molecule has 0 aromatic heterocycles. The van der Waals surface area contributed by atoms with Gasteiger partial charge in [0, 0.05) is 13.1 Å². The number of carbonyl (C=O) groups excluding carboxylic acids is 2. The van der Waals surface area contributed by atoms with E-state index in [1.807, 2.05) is 4.90 Å². The van der Waals surface area contributed by atoms with E-state index in [2.05, 4.69) is 27.7 Å². The van der Waals surface area contributed by atoms with Gasteiger partial charge in [0.2, 0.25) is 0 Å². The smallest absolute Gasteiger partial charge is 0.323 e. The normalized spacial score (nSPS) is 12.8. The third-order valence-electron chi connectivity index (χ3n) is 2.86. The first kappa shape index (κ1) is 19.9. The Bertz CT molecular complexity index is 305. The van der Waals surface area contributed by atoms with Crippen LogP contribution in [0.5, 0.6) is 0 Å². The van der Waals surface area contributed by atoms with Crippen LogP contribution >= 0.6 is 0 Å². The number of hydrogen-bond acceptors (Lipinski definition) is 5. The van der Waals surface area contributed by atoms with Crippen LogP contribution in [0.3, 0.4) is 0 Å². The third kappa shape index (κ3) is 8.71. The molecule has 0 radical (unpaired) electrons. The quantitative estimate of drug-likeness (QED) is 0.580. The molecule has 0 heterocycles. The summed E-state index contributed by atoms with van der Waals surface area (Å²) in [4.78, 5) is 26.0. The average molecular weight is 301 g/mol. The SMILES string of the molecule is CCOC(=O)CC(C(=O)OCC)N(CC(C)C)CC(C)C. The zero-order chi connectivity index (χ0) is 16.4. The molecule has 0 aliphatic rings. The van der Waals surface area contributed by atoms with Crippen molar-refractivity contribution in [3.63, 3.8) is 0 Å². The highest BCUT2D eigenvalue weighted by Gasteiger charge is 2.31. The van der Waals surface area contributed by atoms with Crippen LogP contribution in [0.15, 0.2) is 0 Å². The van der Waals surface area contributed by atoms with Gasteiger partial charge < -0.3 is 9.47 Å². The molecule has 0 bridgehead atoms. The van der Waals surface area contributed by atoms with Crippen molar-refractivity contribution < 1.29 is 19.1 Å². The highest BCUT2D eigenvalue weighted by molar-refractivity contribution is 5.82. The van der Waals surface area contributed by atoms with Crippen LogP contribution in [-0.4, -0.2) is 49.2 Å². The fraction of sp³-hybridized carbons (Fsp3) is 0.875. The number of hydrogen-bond donors (Lipinski definition) is 0. The number of rotatable bonds is 10. The summed E-state index contributed by atoms with van der Waals surface area (Å²) in [6.07, 6.45) is 0.0477. The molecule has 0 saturated carbocycles. The van der Waals surface area contributed by atoms with Crippen molar-refractivity contribution in [3.05, 3.63) is 0 Å². The maximum absolute atomic E-state index is 12.2. The summed E-state index contributed by atoms with van der Waals surface area (Å²) in [6.45, 7) is 14.1. The second-order valence-corrected chi connectivity index (χ2v) is 6.02. The molecule has 0 rings (SSSR count). The van der Waals surface area contributed by atoms with E-state index < -0.39 is 6.04 Å². The Morgan fingerprint density at radius 3 is 1.76 bits per heavy atom. The van der Waals surface area contributed by atoms with Crippen molar-refractivity contribution in [3.8, 4) is 0 Å². The molecule has 5 nitrogen and oxygen atoms in total. The summed E-state index contributed by atoms with van der Waals surface area (Å²) in [7, 11) is 0. The minimum Gasteiger partial charge on any atom is -0.466 e. The second kappa shape index (κ2) is 10.6. The van der Waals surface area contributed by atoms with Gasteiger partial charge in [-0.2, -0.15) is 0 Å². The Balaban J connectivity index is 5.06. The van der Waals surface area contributed by atoms with Crippen molar-refractivity contribution in [2.75, 3.05) is 26.3 Å². The summed E-state index contributed by atoms with van der Waals surface area (Å²) >= 11 is 0. The predicted molar refractivity (Wildman–Crippen MR) is 82.9 cm³/mol. The van der Waals surface area contributed by atoms with Crippen LogP contribution in [0.25, 0.3) is 0 Å². The van der Waals surface area contributed by atoms with Gasteiger partial charge >= 0.3 is 11.9 Å². The predicted octanol–water partition coefficient (Wildman–Crippen LogP) is 2.49. The minimum atomic E-state index is -0.561. The lowest BCUT2D eigenvalue weighted by Crippen LogP contribution is -2.47. The fourth-order valence-electron chi connectivity index (χ4n) is 2.24. The maximum Gasteiger partial charge on any atom is 0.323 e. The van der Waals surface area contributed by atoms with Gasteiger partial charge in [-0.15, -0.1) is 0 Å². The van der Waals surface area contributed by atoms with E-state index in [9.17, 15) is 9.59 Å². The van der Waals surface area contributed by atoms with E-state index in [0.29, 0.717) is 25.0 Å². The van der Waals surface area contributed by atoms with E-state index in [-0.39, 0.29) is 18.4 Å². The van der Waals surface area contributed by atoms with E-state index >= 15 is 0 Å². The van der Waals surface area contributed by atoms with Gasteiger partial charge in [-0.05, 0) is 25.7 Å². The highest BCUT2D eigenvalue weighted by Crippen LogP contribution is 2.14. The minimum absolute atomic E-state index is 0.0477. The molecule has 5 heteroatoms. The zero-order valence-electron chi connectivity index (χ0n) is 14.3. The number of ether oxygens (including phenoxy) is 2. The lowest BCUT2D eigenvalue weighted by molar-refractivity contribution is -0.156. The van der Waals surface area contributed by atoms with Crippen LogP contribution < -0.4 is 0 Å². The van der Waals surface area contributed by atoms with Gasteiger partial charge in [-0.3, -0.25) is 14.5 Å². The molecule has 0 aromatic rings. The number of carbonyl (C=O) groups is 2. The topological polar surface area (TPSA) is 55.8 Å². The monoisotopic (exact) mass is 301 g/mol. The first-order valence-corrected chi connectivity index (χ1v) is 7.88. The Morgan fingerprint density at radius 2 is 1.38 bits per heavy atom. The van der Waals surface area contributed by atoms with Crippen LogP contribution in [0.1, 0.15) is 48.0 Å². The molecule has 0 N–H and O–H groups in total. The van der Waals surface area contributed by atoms with Crippen molar-refractivity contribution in [1.82, 2.24) is 4.90 Å². The van der Waals surface area contributed by atoms with Crippen LogP contribution in [-0.2, 0) is 19.1 Å². The first-order chi connectivity index (χ1) is 9.81. The lowest BCUT2D eigenvalue weighted by atomic mass is 10.1. The summed E-state index contributed by atoms with van der Waals surface area (Å²) in [5.74, 6) is 0.116. The standard InChI is InChI=1S/C16H31NO4/c1-7-20-15(18)9-14(16(19)21-8-2)17(10-12(3)4)11-13(5)6/h12-14H,7-11H2,1-6H3. The fourth-order valence-corrected chi connectivity index (χ4v) is 2.24. The maximum atomic E-state index is 12.2. The van der Waals surface area contributed by atoms with Gasteiger partial charge in [-0.1, -0.05) is 27.7 Å². The Hall–Kier alpha value is -1.10. The van der Waals surface area contributed by atoms with Crippen molar-refractivity contribution >= 4 is 11.9 Å². The lowest BCUT2D eigenvalue weighted by Gasteiger charge is -2.32. The molecule has 1 atom stereocenters. The van der Waals surface area contributed by atoms with Gasteiger partial charge in [-0.25, -0.2) is 0 Å². The molecule has 124 valence electrons. The Labute approximate surface area is 129 Å². The molecule has 0 saturated heterocycles. The third-order valence-corrected chi connectivity index (χ3v) is 2.86. The Morgan fingerprint density at radius 1 is 0.905 bits per heavy atom. The molecular weight excluding hydrogens is 270 g/mol. The molecule has 1 unspecified atom stereocenters. The number of esters is 2. The first-order valence-electron chi connectivity index (χ1n) is 7.88. The molecule has 21 heavy (non-hydrogen) atoms. The summed E-state index contributed by atoms with van der Waals surface area (Å²) < 4.78 is 10.1. The van der Waals surface area contributed by atoms with E-state index in [1.54, 1.807) is 13.8 Å². The highest BCUT2D eigenvalue weighted by atomic mass is 16.5. The molecule has 0 aliphatic heterocycles. The molecule has 0 spiro atoms. The molecular formula is C16H31NO4. The Kier molecular flexibility index (Phi) is 10.0. The van der Waals surface area contributed by atoms with Crippen LogP contribution in [0.4, 0.5) is 0 Å². The van der Waals surface area contributed by atoms with Crippen molar-refractivity contribution in [1.29, 1.82) is 0 Å². The second-order valence-electron chi connectivity index (χ2n) is 6.02. The van der Waals surface area contributed by atoms with E-state index in [4.69, 9.17) is 9.47 Å². The summed E-state index contributed by atoms with van der Waals surface area (Å²) in [6, 6.07) is -0.561. The average Bonchev–Trinajstić information content (AvgIpc) is 2.34. The molecule has 0 amide bonds.